The van der Waals surface area contributed by atoms with Crippen molar-refractivity contribution < 1.29 is 14.7 Å². The SMILES string of the molecule is CC(C)N(C)C(=O)NC(C(=O)O)C1CCCCC1. The third-order valence-corrected chi connectivity index (χ3v) is 3.76. The Hall–Kier alpha value is -1.26. The Morgan fingerprint density at radius 3 is 2.22 bits per heavy atom. The number of nitrogens with zero attached hydrogens (tertiary/aromatic N) is 1. The molecule has 2 N–H and O–H groups in total. The number of hydrogen-bond donors (Lipinski definition) is 2. The first kappa shape index (κ1) is 14.8. The summed E-state index contributed by atoms with van der Waals surface area (Å²) in [6, 6.07) is -0.993. The standard InChI is InChI=1S/C13H24N2O3/c1-9(2)15(3)13(18)14-11(12(16)17)10-7-5-4-6-8-10/h9-11H,4-8H2,1-3H3,(H,14,18)(H,16,17). The summed E-state index contributed by atoms with van der Waals surface area (Å²) in [7, 11) is 1.68. The predicted octanol–water partition coefficient (Wildman–Crippen LogP) is 2.07. The van der Waals surface area contributed by atoms with Gasteiger partial charge in [0, 0.05) is 13.1 Å². The first-order valence-corrected chi connectivity index (χ1v) is 6.69. The number of carboxylic acids is 1. The summed E-state index contributed by atoms with van der Waals surface area (Å²) in [6.45, 7) is 3.80. The molecule has 1 atom stereocenters. The van der Waals surface area contributed by atoms with Crippen LogP contribution in [0, 0.1) is 5.92 Å². The van der Waals surface area contributed by atoms with Crippen LogP contribution < -0.4 is 5.32 Å². The van der Waals surface area contributed by atoms with Crippen LogP contribution in [-0.4, -0.2) is 41.1 Å². The molecular weight excluding hydrogens is 232 g/mol. The fourth-order valence-electron chi connectivity index (χ4n) is 2.32. The van der Waals surface area contributed by atoms with Crippen LogP contribution in [0.3, 0.4) is 0 Å². The summed E-state index contributed by atoms with van der Waals surface area (Å²) in [5.41, 5.74) is 0. The first-order chi connectivity index (χ1) is 8.43. The van der Waals surface area contributed by atoms with E-state index < -0.39 is 12.0 Å². The average Bonchev–Trinajstić information content (AvgIpc) is 2.35. The van der Waals surface area contributed by atoms with Gasteiger partial charge in [-0.2, -0.15) is 0 Å². The molecule has 1 rings (SSSR count). The Kier molecular flexibility index (Phi) is 5.44. The highest BCUT2D eigenvalue weighted by Gasteiger charge is 2.31. The average molecular weight is 256 g/mol. The molecular formula is C13H24N2O3. The van der Waals surface area contributed by atoms with E-state index >= 15 is 0 Å². The fraction of sp³-hybridized carbons (Fsp3) is 0.846. The van der Waals surface area contributed by atoms with Crippen LogP contribution in [0.4, 0.5) is 4.79 Å². The van der Waals surface area contributed by atoms with E-state index in [9.17, 15) is 14.7 Å². The van der Waals surface area contributed by atoms with Gasteiger partial charge in [-0.1, -0.05) is 19.3 Å². The van der Waals surface area contributed by atoms with E-state index in [4.69, 9.17) is 0 Å². The van der Waals surface area contributed by atoms with Crippen LogP contribution in [0.1, 0.15) is 46.0 Å². The Labute approximate surface area is 109 Å². The van der Waals surface area contributed by atoms with Gasteiger partial charge in [-0.25, -0.2) is 9.59 Å². The van der Waals surface area contributed by atoms with E-state index in [2.05, 4.69) is 5.32 Å². The summed E-state index contributed by atoms with van der Waals surface area (Å²) >= 11 is 0. The monoisotopic (exact) mass is 256 g/mol. The summed E-state index contributed by atoms with van der Waals surface area (Å²) in [6.07, 6.45) is 5.07. The number of carbonyl (C=O) groups excluding carboxylic acids is 1. The van der Waals surface area contributed by atoms with Crippen LogP contribution in [-0.2, 0) is 4.79 Å². The largest absolute Gasteiger partial charge is 0.480 e. The predicted molar refractivity (Wildman–Crippen MR) is 69.4 cm³/mol. The number of amides is 2. The first-order valence-electron chi connectivity index (χ1n) is 6.69. The molecule has 1 aliphatic carbocycles. The minimum atomic E-state index is -0.924. The van der Waals surface area contributed by atoms with E-state index in [0.29, 0.717) is 0 Å². The number of rotatable bonds is 4. The van der Waals surface area contributed by atoms with Crippen molar-refractivity contribution in [3.8, 4) is 0 Å². The van der Waals surface area contributed by atoms with Crippen molar-refractivity contribution in [3.63, 3.8) is 0 Å². The van der Waals surface area contributed by atoms with E-state index in [1.165, 1.54) is 11.3 Å². The van der Waals surface area contributed by atoms with Crippen LogP contribution in [0.5, 0.6) is 0 Å². The van der Waals surface area contributed by atoms with Gasteiger partial charge in [0.2, 0.25) is 0 Å². The third-order valence-electron chi connectivity index (χ3n) is 3.76. The topological polar surface area (TPSA) is 69.6 Å². The van der Waals surface area contributed by atoms with Gasteiger partial charge in [-0.3, -0.25) is 0 Å². The Bertz CT molecular complexity index is 299. The molecule has 0 bridgehead atoms. The second-order valence-corrected chi connectivity index (χ2v) is 5.37. The Balaban J connectivity index is 2.62. The van der Waals surface area contributed by atoms with Gasteiger partial charge in [0.25, 0.3) is 0 Å². The second kappa shape index (κ2) is 6.61. The van der Waals surface area contributed by atoms with Crippen molar-refractivity contribution in [2.24, 2.45) is 5.92 Å². The Morgan fingerprint density at radius 1 is 1.22 bits per heavy atom. The van der Waals surface area contributed by atoms with Crippen molar-refractivity contribution >= 4 is 12.0 Å². The van der Waals surface area contributed by atoms with Crippen LogP contribution in [0.25, 0.3) is 0 Å². The Morgan fingerprint density at radius 2 is 1.78 bits per heavy atom. The molecule has 0 heterocycles. The maximum Gasteiger partial charge on any atom is 0.326 e. The molecule has 0 spiro atoms. The summed E-state index contributed by atoms with van der Waals surface area (Å²) in [4.78, 5) is 24.7. The number of aliphatic carboxylic acids is 1. The van der Waals surface area contributed by atoms with E-state index in [-0.39, 0.29) is 18.0 Å². The minimum absolute atomic E-state index is 0.0609. The summed E-state index contributed by atoms with van der Waals surface area (Å²) < 4.78 is 0. The van der Waals surface area contributed by atoms with Crippen molar-refractivity contribution in [2.75, 3.05) is 7.05 Å². The van der Waals surface area contributed by atoms with E-state index in [1.807, 2.05) is 13.8 Å². The molecule has 1 aliphatic rings. The van der Waals surface area contributed by atoms with Gasteiger partial charge in [0.05, 0.1) is 0 Å². The zero-order valence-corrected chi connectivity index (χ0v) is 11.5. The van der Waals surface area contributed by atoms with Crippen LogP contribution in [0.15, 0.2) is 0 Å². The molecule has 0 aromatic rings. The molecule has 0 radical (unpaired) electrons. The molecule has 104 valence electrons. The summed E-state index contributed by atoms with van der Waals surface area (Å²) in [5, 5.41) is 11.9. The van der Waals surface area contributed by atoms with Crippen molar-refractivity contribution in [3.05, 3.63) is 0 Å². The van der Waals surface area contributed by atoms with Gasteiger partial charge in [0.15, 0.2) is 0 Å². The highest BCUT2D eigenvalue weighted by Crippen LogP contribution is 2.26. The molecule has 0 aromatic heterocycles. The molecule has 1 fully saturated rings. The lowest BCUT2D eigenvalue weighted by Crippen LogP contribution is -2.51. The lowest BCUT2D eigenvalue weighted by Gasteiger charge is -2.30. The van der Waals surface area contributed by atoms with E-state index in [1.54, 1.807) is 7.05 Å². The second-order valence-electron chi connectivity index (χ2n) is 5.37. The minimum Gasteiger partial charge on any atom is -0.480 e. The van der Waals surface area contributed by atoms with Crippen molar-refractivity contribution in [1.29, 1.82) is 0 Å². The van der Waals surface area contributed by atoms with Crippen molar-refractivity contribution in [1.82, 2.24) is 10.2 Å². The molecule has 5 heteroatoms. The zero-order chi connectivity index (χ0) is 13.7. The highest BCUT2D eigenvalue weighted by molar-refractivity contribution is 5.82. The lowest BCUT2D eigenvalue weighted by molar-refractivity contribution is -0.141. The lowest BCUT2D eigenvalue weighted by atomic mass is 9.84. The molecule has 0 aliphatic heterocycles. The highest BCUT2D eigenvalue weighted by atomic mass is 16.4. The van der Waals surface area contributed by atoms with Crippen LogP contribution in [0.2, 0.25) is 0 Å². The molecule has 5 nitrogen and oxygen atoms in total. The molecule has 1 unspecified atom stereocenters. The maximum absolute atomic E-state index is 11.9. The molecule has 0 aromatic carbocycles. The van der Waals surface area contributed by atoms with Crippen molar-refractivity contribution in [2.45, 2.75) is 58.0 Å². The molecule has 1 saturated carbocycles. The number of urea groups is 1. The van der Waals surface area contributed by atoms with Gasteiger partial charge in [-0.15, -0.1) is 0 Å². The van der Waals surface area contributed by atoms with Gasteiger partial charge >= 0.3 is 12.0 Å². The fourth-order valence-corrected chi connectivity index (χ4v) is 2.32. The normalized spacial score (nSPS) is 18.4. The number of carboxylic acid groups (broad SMARTS) is 1. The molecule has 2 amide bonds. The zero-order valence-electron chi connectivity index (χ0n) is 11.5. The number of hydrogen-bond acceptors (Lipinski definition) is 2. The summed E-state index contributed by atoms with van der Waals surface area (Å²) in [5.74, 6) is -0.854. The maximum atomic E-state index is 11.9. The van der Waals surface area contributed by atoms with Gasteiger partial charge in [0.1, 0.15) is 6.04 Å². The third kappa shape index (κ3) is 3.89. The number of carbonyl (C=O) groups is 2. The number of nitrogens with one attached hydrogen (secondary N) is 1. The van der Waals surface area contributed by atoms with Crippen LogP contribution >= 0.6 is 0 Å². The molecule has 0 saturated heterocycles. The smallest absolute Gasteiger partial charge is 0.326 e. The molecule has 18 heavy (non-hydrogen) atoms. The quantitative estimate of drug-likeness (QED) is 0.809. The van der Waals surface area contributed by atoms with Gasteiger partial charge in [-0.05, 0) is 32.6 Å². The van der Waals surface area contributed by atoms with Gasteiger partial charge < -0.3 is 15.3 Å². The van der Waals surface area contributed by atoms with E-state index in [0.717, 1.165) is 25.7 Å².